The first-order valence-electron chi connectivity index (χ1n) is 4.67. The summed E-state index contributed by atoms with van der Waals surface area (Å²) < 4.78 is 0. The average molecular weight is 222 g/mol. The van der Waals surface area contributed by atoms with E-state index in [0.29, 0.717) is 0 Å². The lowest BCUT2D eigenvalue weighted by molar-refractivity contribution is -0.116. The maximum absolute atomic E-state index is 11.2. The molecular weight excluding hydrogens is 210 g/mol. The minimum Gasteiger partial charge on any atom is -0.298 e. The Balaban J connectivity index is 3.18. The summed E-state index contributed by atoms with van der Waals surface area (Å²) in [7, 11) is 0. The monoisotopic (exact) mass is 221 g/mol. The molecule has 0 aliphatic heterocycles. The van der Waals surface area contributed by atoms with E-state index in [1.165, 1.54) is 6.92 Å². The molecule has 0 aromatic heterocycles. The SMILES string of the molecule is CC(=O)C(Cl)c1cc(C)ccc1CC#N. The van der Waals surface area contributed by atoms with Crippen molar-refractivity contribution in [3.63, 3.8) is 0 Å². The van der Waals surface area contributed by atoms with E-state index in [1.807, 2.05) is 25.1 Å². The van der Waals surface area contributed by atoms with Crippen LogP contribution in [0.2, 0.25) is 0 Å². The lowest BCUT2D eigenvalue weighted by Gasteiger charge is -2.11. The molecule has 1 rings (SSSR count). The molecule has 2 nitrogen and oxygen atoms in total. The lowest BCUT2D eigenvalue weighted by atomic mass is 9.98. The number of alkyl halides is 1. The molecule has 0 N–H and O–H groups in total. The largest absolute Gasteiger partial charge is 0.298 e. The van der Waals surface area contributed by atoms with Gasteiger partial charge in [0.25, 0.3) is 0 Å². The van der Waals surface area contributed by atoms with Gasteiger partial charge < -0.3 is 0 Å². The first kappa shape index (κ1) is 11.7. The standard InChI is InChI=1S/C12H12ClNO/c1-8-3-4-10(5-6-14)11(7-8)12(13)9(2)15/h3-4,7,12H,5H2,1-2H3. The topological polar surface area (TPSA) is 40.9 Å². The van der Waals surface area contributed by atoms with Crippen LogP contribution in [0.25, 0.3) is 0 Å². The van der Waals surface area contributed by atoms with E-state index in [9.17, 15) is 4.79 Å². The first-order valence-corrected chi connectivity index (χ1v) is 5.10. The first-order chi connectivity index (χ1) is 7.06. The summed E-state index contributed by atoms with van der Waals surface area (Å²) in [5.74, 6) is -0.0959. The molecule has 1 unspecified atom stereocenters. The number of nitrogens with zero attached hydrogens (tertiary/aromatic N) is 1. The maximum atomic E-state index is 11.2. The molecule has 0 heterocycles. The summed E-state index contributed by atoms with van der Waals surface area (Å²) in [6.07, 6.45) is 0.284. The third-order valence-electron chi connectivity index (χ3n) is 2.20. The fourth-order valence-corrected chi connectivity index (χ4v) is 1.62. The van der Waals surface area contributed by atoms with E-state index in [-0.39, 0.29) is 12.2 Å². The van der Waals surface area contributed by atoms with Crippen molar-refractivity contribution < 1.29 is 4.79 Å². The van der Waals surface area contributed by atoms with Crippen LogP contribution >= 0.6 is 11.6 Å². The third-order valence-corrected chi connectivity index (χ3v) is 2.74. The average Bonchev–Trinajstić information content (AvgIpc) is 2.20. The van der Waals surface area contributed by atoms with Crippen LogP contribution in [0.15, 0.2) is 18.2 Å². The second-order valence-corrected chi connectivity index (χ2v) is 3.95. The highest BCUT2D eigenvalue weighted by atomic mass is 35.5. The maximum Gasteiger partial charge on any atom is 0.152 e. The van der Waals surface area contributed by atoms with Crippen molar-refractivity contribution in [2.45, 2.75) is 25.6 Å². The third kappa shape index (κ3) is 2.81. The number of aryl methyl sites for hydroxylation is 1. The Hall–Kier alpha value is -1.33. The molecule has 1 atom stereocenters. The van der Waals surface area contributed by atoms with Crippen LogP contribution in [-0.4, -0.2) is 5.78 Å². The molecule has 0 spiro atoms. The molecule has 78 valence electrons. The molecule has 0 radical (unpaired) electrons. The van der Waals surface area contributed by atoms with E-state index in [4.69, 9.17) is 16.9 Å². The zero-order valence-corrected chi connectivity index (χ0v) is 9.51. The number of carbonyl (C=O) groups is 1. The lowest BCUT2D eigenvalue weighted by Crippen LogP contribution is -2.05. The van der Waals surface area contributed by atoms with Gasteiger partial charge in [-0.15, -0.1) is 11.6 Å². The predicted octanol–water partition coefficient (Wildman–Crippen LogP) is 2.93. The van der Waals surface area contributed by atoms with Crippen LogP contribution in [0.4, 0.5) is 0 Å². The normalized spacial score (nSPS) is 11.9. The van der Waals surface area contributed by atoms with Gasteiger partial charge in [0.15, 0.2) is 5.78 Å². The van der Waals surface area contributed by atoms with Crippen LogP contribution in [0, 0.1) is 18.3 Å². The van der Waals surface area contributed by atoms with Gasteiger partial charge in [0.05, 0.1) is 12.5 Å². The van der Waals surface area contributed by atoms with Gasteiger partial charge in [-0.3, -0.25) is 4.79 Å². The molecule has 15 heavy (non-hydrogen) atoms. The number of Topliss-reactive ketones (excluding diaryl/α,β-unsaturated/α-hetero) is 1. The number of carbonyl (C=O) groups excluding carboxylic acids is 1. The zero-order chi connectivity index (χ0) is 11.4. The van der Waals surface area contributed by atoms with E-state index in [2.05, 4.69) is 6.07 Å². The molecule has 3 heteroatoms. The molecule has 0 amide bonds. The van der Waals surface area contributed by atoms with Gasteiger partial charge in [0.2, 0.25) is 0 Å². The molecule has 0 saturated carbocycles. The number of halogens is 1. The number of nitriles is 1. The van der Waals surface area contributed by atoms with E-state index >= 15 is 0 Å². The summed E-state index contributed by atoms with van der Waals surface area (Å²) in [4.78, 5) is 11.2. The van der Waals surface area contributed by atoms with Crippen molar-refractivity contribution in [3.8, 4) is 6.07 Å². The molecule has 1 aromatic carbocycles. The van der Waals surface area contributed by atoms with Crippen molar-refractivity contribution >= 4 is 17.4 Å². The van der Waals surface area contributed by atoms with Crippen molar-refractivity contribution in [3.05, 3.63) is 34.9 Å². The molecular formula is C12H12ClNO. The summed E-state index contributed by atoms with van der Waals surface area (Å²) in [6, 6.07) is 7.70. The second kappa shape index (κ2) is 4.95. The molecule has 0 fully saturated rings. The molecule has 0 aliphatic rings. The summed E-state index contributed by atoms with van der Waals surface area (Å²) in [5.41, 5.74) is 2.63. The fourth-order valence-electron chi connectivity index (χ4n) is 1.42. The van der Waals surface area contributed by atoms with Crippen LogP contribution in [-0.2, 0) is 11.2 Å². The highest BCUT2D eigenvalue weighted by Gasteiger charge is 2.16. The fraction of sp³-hybridized carbons (Fsp3) is 0.333. The Morgan fingerprint density at radius 3 is 2.80 bits per heavy atom. The van der Waals surface area contributed by atoms with E-state index in [1.54, 1.807) is 0 Å². The smallest absolute Gasteiger partial charge is 0.152 e. The molecule has 0 saturated heterocycles. The quantitative estimate of drug-likeness (QED) is 0.737. The molecule has 0 aliphatic carbocycles. The minimum absolute atomic E-state index is 0.0959. The number of hydrogen-bond donors (Lipinski definition) is 0. The number of rotatable bonds is 3. The van der Waals surface area contributed by atoms with Gasteiger partial charge in [-0.05, 0) is 25.0 Å². The predicted molar refractivity (Wildman–Crippen MR) is 59.8 cm³/mol. The van der Waals surface area contributed by atoms with Crippen LogP contribution < -0.4 is 0 Å². The molecule has 0 bridgehead atoms. The minimum atomic E-state index is -0.645. The highest BCUT2D eigenvalue weighted by molar-refractivity contribution is 6.30. The van der Waals surface area contributed by atoms with E-state index in [0.717, 1.165) is 16.7 Å². The van der Waals surface area contributed by atoms with E-state index < -0.39 is 5.38 Å². The van der Waals surface area contributed by atoms with Crippen LogP contribution in [0.1, 0.15) is 29.0 Å². The van der Waals surface area contributed by atoms with Gasteiger partial charge >= 0.3 is 0 Å². The van der Waals surface area contributed by atoms with Gasteiger partial charge in [-0.1, -0.05) is 23.8 Å². The Morgan fingerprint density at radius 1 is 1.60 bits per heavy atom. The Bertz CT molecular complexity index is 420. The molecule has 1 aromatic rings. The summed E-state index contributed by atoms with van der Waals surface area (Å²) in [6.45, 7) is 3.39. The zero-order valence-electron chi connectivity index (χ0n) is 8.75. The van der Waals surface area contributed by atoms with Crippen LogP contribution in [0.3, 0.4) is 0 Å². The van der Waals surface area contributed by atoms with Crippen molar-refractivity contribution in [1.29, 1.82) is 5.26 Å². The Labute approximate surface area is 94.5 Å². The summed E-state index contributed by atoms with van der Waals surface area (Å²) in [5, 5.41) is 8.01. The number of hydrogen-bond acceptors (Lipinski definition) is 2. The van der Waals surface area contributed by atoms with Gasteiger partial charge in [-0.2, -0.15) is 5.26 Å². The number of benzene rings is 1. The highest BCUT2D eigenvalue weighted by Crippen LogP contribution is 2.26. The van der Waals surface area contributed by atoms with Gasteiger partial charge in [0.1, 0.15) is 5.38 Å². The Morgan fingerprint density at radius 2 is 2.27 bits per heavy atom. The second-order valence-electron chi connectivity index (χ2n) is 3.51. The summed E-state index contributed by atoms with van der Waals surface area (Å²) >= 11 is 6.00. The van der Waals surface area contributed by atoms with Gasteiger partial charge in [0, 0.05) is 0 Å². The number of ketones is 1. The van der Waals surface area contributed by atoms with Crippen molar-refractivity contribution in [1.82, 2.24) is 0 Å². The van der Waals surface area contributed by atoms with Crippen molar-refractivity contribution in [2.75, 3.05) is 0 Å². The van der Waals surface area contributed by atoms with Crippen molar-refractivity contribution in [2.24, 2.45) is 0 Å². The Kier molecular flexibility index (Phi) is 3.88. The van der Waals surface area contributed by atoms with Gasteiger partial charge in [-0.25, -0.2) is 0 Å². The van der Waals surface area contributed by atoms with Crippen LogP contribution in [0.5, 0.6) is 0 Å².